The Hall–Kier alpha value is -2.24. The minimum absolute atomic E-state index is 0. The number of carbonyl (C=O) groups is 1. The van der Waals surface area contributed by atoms with Gasteiger partial charge >= 0.3 is 0 Å². The molecule has 1 atom stereocenters. The third-order valence-corrected chi connectivity index (χ3v) is 5.17. The van der Waals surface area contributed by atoms with E-state index in [1.54, 1.807) is 7.11 Å². The van der Waals surface area contributed by atoms with Crippen LogP contribution < -0.4 is 14.8 Å². The highest BCUT2D eigenvalue weighted by molar-refractivity contribution is 5.85. The molecule has 4 rings (SSSR count). The van der Waals surface area contributed by atoms with Crippen molar-refractivity contribution in [3.05, 3.63) is 59.2 Å². The van der Waals surface area contributed by atoms with Gasteiger partial charge in [0.1, 0.15) is 11.5 Å². The normalized spacial score (nSPS) is 18.3. The monoisotopic (exact) mass is 388 g/mol. The van der Waals surface area contributed by atoms with Crippen LogP contribution in [0.15, 0.2) is 42.5 Å². The Morgan fingerprint density at radius 2 is 2.15 bits per heavy atom. The Kier molecular flexibility index (Phi) is 6.24. The van der Waals surface area contributed by atoms with Crippen molar-refractivity contribution in [2.24, 2.45) is 0 Å². The zero-order valence-corrected chi connectivity index (χ0v) is 16.3. The van der Waals surface area contributed by atoms with E-state index in [4.69, 9.17) is 9.47 Å². The number of hydrogen-bond donors (Lipinski definition) is 1. The standard InChI is InChI=1S/C21H24N2O3.ClH/c1-25-20-5-3-2-4-17(20)18-14-22-9-10-23(18)21(24)13-15-6-7-19-16(12-15)8-11-26-19;/h2-7,12,18,22H,8-11,13-14H2,1H3;1H. The van der Waals surface area contributed by atoms with Crippen molar-refractivity contribution in [2.45, 2.75) is 18.9 Å². The van der Waals surface area contributed by atoms with Crippen LogP contribution in [0.2, 0.25) is 0 Å². The Balaban J connectivity index is 0.00000210. The molecule has 2 aromatic rings. The van der Waals surface area contributed by atoms with Gasteiger partial charge in [0.25, 0.3) is 0 Å². The summed E-state index contributed by atoms with van der Waals surface area (Å²) in [6, 6.07) is 14.0. The van der Waals surface area contributed by atoms with Crippen LogP contribution in [0.3, 0.4) is 0 Å². The number of nitrogens with one attached hydrogen (secondary N) is 1. The average molecular weight is 389 g/mol. The molecule has 0 radical (unpaired) electrons. The maximum absolute atomic E-state index is 13.1. The number of halogens is 1. The second kappa shape index (κ2) is 8.63. The van der Waals surface area contributed by atoms with Gasteiger partial charge in [0.15, 0.2) is 0 Å². The van der Waals surface area contributed by atoms with Crippen molar-refractivity contribution in [2.75, 3.05) is 33.4 Å². The molecule has 1 amide bonds. The zero-order chi connectivity index (χ0) is 17.9. The van der Waals surface area contributed by atoms with E-state index in [-0.39, 0.29) is 24.4 Å². The maximum Gasteiger partial charge on any atom is 0.227 e. The van der Waals surface area contributed by atoms with Gasteiger partial charge in [-0.25, -0.2) is 0 Å². The molecule has 0 saturated carbocycles. The molecule has 0 aromatic heterocycles. The van der Waals surface area contributed by atoms with Gasteiger partial charge in [-0.15, -0.1) is 12.4 Å². The summed E-state index contributed by atoms with van der Waals surface area (Å²) in [7, 11) is 1.67. The van der Waals surface area contributed by atoms with Gasteiger partial charge in [-0.05, 0) is 23.3 Å². The molecule has 5 nitrogen and oxygen atoms in total. The fraction of sp³-hybridized carbons (Fsp3) is 0.381. The first-order valence-corrected chi connectivity index (χ1v) is 9.14. The summed E-state index contributed by atoms with van der Waals surface area (Å²) in [4.78, 5) is 15.1. The van der Waals surface area contributed by atoms with E-state index < -0.39 is 0 Å². The number of rotatable bonds is 4. The molecule has 2 aliphatic heterocycles. The van der Waals surface area contributed by atoms with Crippen LogP contribution in [0.1, 0.15) is 22.7 Å². The van der Waals surface area contributed by atoms with Crippen LogP contribution in [0.25, 0.3) is 0 Å². The highest BCUT2D eigenvalue weighted by Gasteiger charge is 2.29. The molecule has 2 aromatic carbocycles. The van der Waals surface area contributed by atoms with Crippen LogP contribution in [0.4, 0.5) is 0 Å². The minimum atomic E-state index is -0.00911. The second-order valence-corrected chi connectivity index (χ2v) is 6.77. The molecule has 0 aliphatic carbocycles. The van der Waals surface area contributed by atoms with Crippen molar-refractivity contribution in [1.29, 1.82) is 0 Å². The quantitative estimate of drug-likeness (QED) is 0.875. The van der Waals surface area contributed by atoms with Crippen molar-refractivity contribution in [3.8, 4) is 11.5 Å². The molecule has 2 heterocycles. The lowest BCUT2D eigenvalue weighted by molar-refractivity contribution is -0.133. The lowest BCUT2D eigenvalue weighted by Gasteiger charge is -2.37. The van der Waals surface area contributed by atoms with E-state index in [2.05, 4.69) is 11.4 Å². The van der Waals surface area contributed by atoms with E-state index in [9.17, 15) is 4.79 Å². The summed E-state index contributed by atoms with van der Waals surface area (Å²) in [5.74, 6) is 1.94. The number of para-hydroxylation sites is 1. The van der Waals surface area contributed by atoms with Crippen LogP contribution in [0, 0.1) is 0 Å². The molecule has 2 aliphatic rings. The lowest BCUT2D eigenvalue weighted by Crippen LogP contribution is -2.49. The highest BCUT2D eigenvalue weighted by atomic mass is 35.5. The van der Waals surface area contributed by atoms with Crippen LogP contribution in [0.5, 0.6) is 11.5 Å². The molecular weight excluding hydrogens is 364 g/mol. The third kappa shape index (κ3) is 4.04. The van der Waals surface area contributed by atoms with Gasteiger partial charge in [0.05, 0.1) is 26.2 Å². The largest absolute Gasteiger partial charge is 0.496 e. The van der Waals surface area contributed by atoms with Gasteiger partial charge in [0.2, 0.25) is 5.91 Å². The smallest absolute Gasteiger partial charge is 0.227 e. The summed E-state index contributed by atoms with van der Waals surface area (Å²) in [6.45, 7) is 3.00. The van der Waals surface area contributed by atoms with Crippen molar-refractivity contribution in [3.63, 3.8) is 0 Å². The number of piperazine rings is 1. The Bertz CT molecular complexity index is 812. The number of amides is 1. The van der Waals surface area contributed by atoms with Gasteiger partial charge in [-0.2, -0.15) is 0 Å². The Morgan fingerprint density at radius 1 is 1.30 bits per heavy atom. The fourth-order valence-electron chi connectivity index (χ4n) is 3.85. The first-order chi connectivity index (χ1) is 12.8. The number of methoxy groups -OCH3 is 1. The SMILES string of the molecule is COc1ccccc1C1CNCCN1C(=O)Cc1ccc2c(c1)CCO2.Cl. The topological polar surface area (TPSA) is 50.8 Å². The third-order valence-electron chi connectivity index (χ3n) is 5.17. The predicted molar refractivity (Wildman–Crippen MR) is 107 cm³/mol. The summed E-state index contributed by atoms with van der Waals surface area (Å²) in [5.41, 5.74) is 3.31. The first kappa shape index (κ1) is 19.5. The number of hydrogen-bond acceptors (Lipinski definition) is 4. The van der Waals surface area contributed by atoms with Crippen LogP contribution in [-0.2, 0) is 17.6 Å². The Labute approximate surface area is 166 Å². The zero-order valence-electron chi connectivity index (χ0n) is 15.4. The maximum atomic E-state index is 13.1. The molecule has 0 spiro atoms. The number of fused-ring (bicyclic) bond motifs is 1. The van der Waals surface area contributed by atoms with Crippen molar-refractivity contribution in [1.82, 2.24) is 10.2 Å². The van der Waals surface area contributed by atoms with Gasteiger partial charge in [-0.3, -0.25) is 4.79 Å². The molecule has 1 unspecified atom stereocenters. The van der Waals surface area contributed by atoms with Crippen molar-refractivity contribution < 1.29 is 14.3 Å². The van der Waals surface area contributed by atoms with Crippen molar-refractivity contribution >= 4 is 18.3 Å². The van der Waals surface area contributed by atoms with Crippen LogP contribution >= 0.6 is 12.4 Å². The first-order valence-electron chi connectivity index (χ1n) is 9.14. The molecule has 0 bridgehead atoms. The molecule has 1 fully saturated rings. The molecule has 1 N–H and O–H groups in total. The van der Waals surface area contributed by atoms with Gasteiger partial charge < -0.3 is 19.7 Å². The van der Waals surface area contributed by atoms with Gasteiger partial charge in [-0.1, -0.05) is 30.3 Å². The molecular formula is C21H25ClN2O3. The number of ether oxygens (including phenoxy) is 2. The van der Waals surface area contributed by atoms with E-state index >= 15 is 0 Å². The second-order valence-electron chi connectivity index (χ2n) is 6.77. The summed E-state index contributed by atoms with van der Waals surface area (Å²) >= 11 is 0. The summed E-state index contributed by atoms with van der Waals surface area (Å²) in [6.07, 6.45) is 1.34. The minimum Gasteiger partial charge on any atom is -0.496 e. The van der Waals surface area contributed by atoms with E-state index in [0.717, 1.165) is 48.7 Å². The molecule has 144 valence electrons. The van der Waals surface area contributed by atoms with Gasteiger partial charge in [0, 0.05) is 31.6 Å². The average Bonchev–Trinajstić information content (AvgIpc) is 3.15. The molecule has 1 saturated heterocycles. The predicted octanol–water partition coefficient (Wildman–Crippen LogP) is 2.77. The summed E-state index contributed by atoms with van der Waals surface area (Å²) in [5, 5.41) is 3.40. The summed E-state index contributed by atoms with van der Waals surface area (Å²) < 4.78 is 11.1. The van der Waals surface area contributed by atoms with E-state index in [0.29, 0.717) is 13.0 Å². The molecule has 6 heteroatoms. The highest BCUT2D eigenvalue weighted by Crippen LogP contribution is 2.31. The Morgan fingerprint density at radius 3 is 3.00 bits per heavy atom. The van der Waals surface area contributed by atoms with E-state index in [1.165, 1.54) is 5.56 Å². The lowest BCUT2D eigenvalue weighted by atomic mass is 10.00. The fourth-order valence-corrected chi connectivity index (χ4v) is 3.85. The molecule has 27 heavy (non-hydrogen) atoms. The number of carbonyl (C=O) groups excluding carboxylic acids is 1. The number of benzene rings is 2. The van der Waals surface area contributed by atoms with Crippen LogP contribution in [-0.4, -0.2) is 44.2 Å². The van der Waals surface area contributed by atoms with E-state index in [1.807, 2.05) is 41.3 Å². The number of nitrogens with zero attached hydrogens (tertiary/aromatic N) is 1.